The molecule has 0 saturated carbocycles. The third-order valence-electron chi connectivity index (χ3n) is 4.14. The van der Waals surface area contributed by atoms with Gasteiger partial charge in [0, 0.05) is 16.6 Å². The summed E-state index contributed by atoms with van der Waals surface area (Å²) < 4.78 is 30.6. The molecule has 0 spiro atoms. The Balaban J connectivity index is 1.76. The number of anilines is 2. The van der Waals surface area contributed by atoms with Crippen molar-refractivity contribution >= 4 is 38.3 Å². The standard InChI is InChI=1S/C19H20N2O4S/c1-12-7-8-17-14(11-25-19(17)13(12)2)9-18(22)20-15-5-4-6-16(10-15)21-26(3,23)24/h4-8,10-11,21H,9H2,1-3H3,(H,20,22). The van der Waals surface area contributed by atoms with Gasteiger partial charge in [0.25, 0.3) is 0 Å². The lowest BCUT2D eigenvalue weighted by Crippen LogP contribution is -2.15. The van der Waals surface area contributed by atoms with Gasteiger partial charge in [-0.25, -0.2) is 8.42 Å². The van der Waals surface area contributed by atoms with Crippen LogP contribution < -0.4 is 10.0 Å². The Bertz CT molecular complexity index is 1080. The van der Waals surface area contributed by atoms with Crippen LogP contribution in [0.2, 0.25) is 0 Å². The molecule has 3 aromatic rings. The highest BCUT2D eigenvalue weighted by Gasteiger charge is 2.13. The highest BCUT2D eigenvalue weighted by atomic mass is 32.2. The lowest BCUT2D eigenvalue weighted by Gasteiger charge is -2.08. The lowest BCUT2D eigenvalue weighted by molar-refractivity contribution is -0.115. The molecule has 0 fully saturated rings. The van der Waals surface area contributed by atoms with Gasteiger partial charge in [0.05, 0.1) is 24.6 Å². The topological polar surface area (TPSA) is 88.4 Å². The highest BCUT2D eigenvalue weighted by molar-refractivity contribution is 7.92. The summed E-state index contributed by atoms with van der Waals surface area (Å²) in [5.74, 6) is -0.206. The van der Waals surface area contributed by atoms with Crippen molar-refractivity contribution in [3.8, 4) is 0 Å². The molecule has 6 nitrogen and oxygen atoms in total. The quantitative estimate of drug-likeness (QED) is 0.716. The van der Waals surface area contributed by atoms with Gasteiger partial charge in [0.15, 0.2) is 0 Å². The second-order valence-electron chi connectivity index (χ2n) is 6.33. The van der Waals surface area contributed by atoms with Gasteiger partial charge in [-0.2, -0.15) is 0 Å². The van der Waals surface area contributed by atoms with Crippen molar-refractivity contribution in [2.24, 2.45) is 0 Å². The van der Waals surface area contributed by atoms with E-state index in [0.717, 1.165) is 33.9 Å². The highest BCUT2D eigenvalue weighted by Crippen LogP contribution is 2.27. The average molecular weight is 372 g/mol. The van der Waals surface area contributed by atoms with Gasteiger partial charge >= 0.3 is 0 Å². The van der Waals surface area contributed by atoms with Crippen molar-refractivity contribution < 1.29 is 17.6 Å². The zero-order valence-corrected chi connectivity index (χ0v) is 15.6. The van der Waals surface area contributed by atoms with Crippen LogP contribution >= 0.6 is 0 Å². The molecule has 0 aliphatic heterocycles. The van der Waals surface area contributed by atoms with E-state index in [0.29, 0.717) is 11.4 Å². The molecule has 1 aromatic heterocycles. The molecule has 0 radical (unpaired) electrons. The Morgan fingerprint density at radius 2 is 1.85 bits per heavy atom. The summed E-state index contributed by atoms with van der Waals surface area (Å²) >= 11 is 0. The van der Waals surface area contributed by atoms with Crippen LogP contribution in [0, 0.1) is 13.8 Å². The van der Waals surface area contributed by atoms with E-state index in [9.17, 15) is 13.2 Å². The SMILES string of the molecule is Cc1ccc2c(CC(=O)Nc3cccc(NS(C)(=O)=O)c3)coc2c1C. The normalized spacial score (nSPS) is 11.5. The summed E-state index contributed by atoms with van der Waals surface area (Å²) in [5.41, 5.74) is 4.72. The molecule has 2 aromatic carbocycles. The predicted molar refractivity (Wildman–Crippen MR) is 103 cm³/mol. The zero-order chi connectivity index (χ0) is 18.9. The summed E-state index contributed by atoms with van der Waals surface area (Å²) in [6, 6.07) is 10.5. The van der Waals surface area contributed by atoms with E-state index in [2.05, 4.69) is 10.0 Å². The van der Waals surface area contributed by atoms with Crippen molar-refractivity contribution in [3.63, 3.8) is 0 Å². The number of hydrogen-bond donors (Lipinski definition) is 2. The first-order valence-electron chi connectivity index (χ1n) is 8.07. The van der Waals surface area contributed by atoms with E-state index in [-0.39, 0.29) is 12.3 Å². The Labute approximate surface area is 152 Å². The molecule has 136 valence electrons. The molecule has 26 heavy (non-hydrogen) atoms. The van der Waals surface area contributed by atoms with Crippen LogP contribution in [0.1, 0.15) is 16.7 Å². The number of rotatable bonds is 5. The maximum Gasteiger partial charge on any atom is 0.229 e. The maximum atomic E-state index is 12.4. The number of benzene rings is 2. The lowest BCUT2D eigenvalue weighted by atomic mass is 10.0. The van der Waals surface area contributed by atoms with Gasteiger partial charge in [0.2, 0.25) is 15.9 Å². The van der Waals surface area contributed by atoms with Crippen LogP contribution in [-0.4, -0.2) is 20.6 Å². The first-order chi connectivity index (χ1) is 12.2. The molecule has 0 unspecified atom stereocenters. The molecule has 3 rings (SSSR count). The second-order valence-corrected chi connectivity index (χ2v) is 8.07. The fourth-order valence-corrected chi connectivity index (χ4v) is 3.33. The number of fused-ring (bicyclic) bond motifs is 1. The minimum atomic E-state index is -3.37. The van der Waals surface area contributed by atoms with Crippen molar-refractivity contribution in [3.05, 3.63) is 59.4 Å². The largest absolute Gasteiger partial charge is 0.464 e. The van der Waals surface area contributed by atoms with Gasteiger partial charge in [-0.15, -0.1) is 0 Å². The molecule has 0 aliphatic carbocycles. The Morgan fingerprint density at radius 3 is 2.58 bits per heavy atom. The minimum Gasteiger partial charge on any atom is -0.464 e. The van der Waals surface area contributed by atoms with Crippen LogP contribution in [0.15, 0.2) is 47.1 Å². The summed E-state index contributed by atoms with van der Waals surface area (Å²) in [7, 11) is -3.37. The number of carbonyl (C=O) groups is 1. The molecule has 0 saturated heterocycles. The number of amides is 1. The molecule has 7 heteroatoms. The van der Waals surface area contributed by atoms with Gasteiger partial charge < -0.3 is 9.73 Å². The molecule has 1 amide bonds. The van der Waals surface area contributed by atoms with E-state index in [1.165, 1.54) is 0 Å². The first-order valence-corrected chi connectivity index (χ1v) is 9.96. The Kier molecular flexibility index (Phi) is 4.73. The van der Waals surface area contributed by atoms with Gasteiger partial charge in [-0.3, -0.25) is 9.52 Å². The number of carbonyl (C=O) groups excluding carboxylic acids is 1. The predicted octanol–water partition coefficient (Wildman–Crippen LogP) is 3.60. The molecular weight excluding hydrogens is 352 g/mol. The van der Waals surface area contributed by atoms with E-state index < -0.39 is 10.0 Å². The van der Waals surface area contributed by atoms with Crippen LogP contribution in [0.5, 0.6) is 0 Å². The molecule has 0 atom stereocenters. The Morgan fingerprint density at radius 1 is 1.12 bits per heavy atom. The number of hydrogen-bond acceptors (Lipinski definition) is 4. The van der Waals surface area contributed by atoms with Gasteiger partial charge in [-0.1, -0.05) is 18.2 Å². The minimum absolute atomic E-state index is 0.166. The fourth-order valence-electron chi connectivity index (χ4n) is 2.78. The van der Waals surface area contributed by atoms with Crippen LogP contribution in [-0.2, 0) is 21.2 Å². The summed E-state index contributed by atoms with van der Waals surface area (Å²) in [4.78, 5) is 12.4. The summed E-state index contributed by atoms with van der Waals surface area (Å²) in [6.45, 7) is 4.01. The first kappa shape index (κ1) is 18.0. The van der Waals surface area contributed by atoms with Crippen molar-refractivity contribution in [1.82, 2.24) is 0 Å². The van der Waals surface area contributed by atoms with E-state index in [4.69, 9.17) is 4.42 Å². The van der Waals surface area contributed by atoms with Crippen LogP contribution in [0.4, 0.5) is 11.4 Å². The van der Waals surface area contributed by atoms with Crippen LogP contribution in [0.25, 0.3) is 11.0 Å². The number of nitrogens with one attached hydrogen (secondary N) is 2. The molecule has 0 aliphatic rings. The Hall–Kier alpha value is -2.80. The monoisotopic (exact) mass is 372 g/mol. The molecule has 2 N–H and O–H groups in total. The third kappa shape index (κ3) is 4.05. The van der Waals surface area contributed by atoms with Gasteiger partial charge in [0.1, 0.15) is 5.58 Å². The van der Waals surface area contributed by atoms with Crippen molar-refractivity contribution in [2.75, 3.05) is 16.3 Å². The smallest absolute Gasteiger partial charge is 0.229 e. The van der Waals surface area contributed by atoms with E-state index in [1.807, 2.05) is 26.0 Å². The number of sulfonamides is 1. The molecular formula is C19H20N2O4S. The van der Waals surface area contributed by atoms with Crippen molar-refractivity contribution in [2.45, 2.75) is 20.3 Å². The van der Waals surface area contributed by atoms with E-state index >= 15 is 0 Å². The average Bonchev–Trinajstić information content (AvgIpc) is 2.93. The molecule has 0 bridgehead atoms. The summed E-state index contributed by atoms with van der Waals surface area (Å²) in [5, 5.41) is 3.71. The third-order valence-corrected chi connectivity index (χ3v) is 4.75. The van der Waals surface area contributed by atoms with Crippen LogP contribution in [0.3, 0.4) is 0 Å². The summed E-state index contributed by atoms with van der Waals surface area (Å²) in [6.07, 6.45) is 2.85. The second kappa shape index (κ2) is 6.84. The maximum absolute atomic E-state index is 12.4. The van der Waals surface area contributed by atoms with E-state index in [1.54, 1.807) is 30.5 Å². The number of furan rings is 1. The van der Waals surface area contributed by atoms with Crippen molar-refractivity contribution in [1.29, 1.82) is 0 Å². The fraction of sp³-hybridized carbons (Fsp3) is 0.211. The van der Waals surface area contributed by atoms with Gasteiger partial charge in [-0.05, 0) is 43.2 Å². The zero-order valence-electron chi connectivity index (χ0n) is 14.8. The number of aryl methyl sites for hydroxylation is 2. The molecule has 1 heterocycles.